The van der Waals surface area contributed by atoms with Crippen LogP contribution in [0.3, 0.4) is 0 Å². The van der Waals surface area contributed by atoms with Gasteiger partial charge in [-0.1, -0.05) is 24.3 Å². The van der Waals surface area contributed by atoms with Crippen LogP contribution in [0.2, 0.25) is 0 Å². The van der Waals surface area contributed by atoms with Gasteiger partial charge in [0.15, 0.2) is 5.82 Å². The van der Waals surface area contributed by atoms with Crippen LogP contribution in [-0.2, 0) is 30.6 Å². The van der Waals surface area contributed by atoms with Crippen molar-refractivity contribution in [2.45, 2.75) is 38.8 Å². The molecule has 11 nitrogen and oxygen atoms in total. The number of hydrogen-bond donors (Lipinski definition) is 2. The van der Waals surface area contributed by atoms with Gasteiger partial charge in [-0.15, -0.1) is 10.2 Å². The minimum Gasteiger partial charge on any atom is -0.456 e. The number of hydrogen-bond acceptors (Lipinski definition) is 8. The van der Waals surface area contributed by atoms with Crippen molar-refractivity contribution in [3.63, 3.8) is 0 Å². The van der Waals surface area contributed by atoms with Gasteiger partial charge in [-0.3, -0.25) is 14.2 Å². The zero-order valence-corrected chi connectivity index (χ0v) is 21.1. The summed E-state index contributed by atoms with van der Waals surface area (Å²) in [6.45, 7) is 1.34. The fourth-order valence-corrected chi connectivity index (χ4v) is 5.00. The number of nitrogens with zero attached hydrogens (tertiary/aromatic N) is 6. The normalized spacial score (nSPS) is 14.4. The number of alkyl halides is 3. The van der Waals surface area contributed by atoms with Crippen molar-refractivity contribution in [2.75, 3.05) is 16.8 Å². The lowest BCUT2D eigenvalue weighted by atomic mass is 10.0. The number of furan rings is 1. The molecule has 40 heavy (non-hydrogen) atoms. The average Bonchev–Trinajstić information content (AvgIpc) is 3.51. The van der Waals surface area contributed by atoms with E-state index in [4.69, 9.17) is 10.2 Å². The lowest BCUT2D eigenvalue weighted by molar-refractivity contribution is -0.147. The Morgan fingerprint density at radius 2 is 1.90 bits per heavy atom. The van der Waals surface area contributed by atoms with Gasteiger partial charge in [0.1, 0.15) is 23.4 Å². The molecule has 14 heteroatoms. The third kappa shape index (κ3) is 4.40. The molecule has 1 amide bonds. The number of fused-ring (bicyclic) bond motifs is 4. The van der Waals surface area contributed by atoms with E-state index in [1.165, 1.54) is 6.20 Å². The molecular weight excluding hydrogens is 529 g/mol. The summed E-state index contributed by atoms with van der Waals surface area (Å²) in [5.74, 6) is -1.69. The minimum absolute atomic E-state index is 0.0661. The predicted octanol–water partition coefficient (Wildman–Crippen LogP) is 3.43. The molecule has 0 radical (unpaired) electrons. The van der Waals surface area contributed by atoms with E-state index < -0.39 is 30.0 Å². The Morgan fingerprint density at radius 1 is 1.12 bits per heavy atom. The monoisotopic (exact) mass is 552 g/mol. The number of carbonyl (C=O) groups is 1. The molecule has 0 aliphatic carbocycles. The maximum atomic E-state index is 13.5. The molecule has 1 atom stereocenters. The van der Waals surface area contributed by atoms with Gasteiger partial charge in [0, 0.05) is 29.9 Å². The van der Waals surface area contributed by atoms with Gasteiger partial charge >= 0.3 is 6.18 Å². The molecule has 3 N–H and O–H groups in total. The van der Waals surface area contributed by atoms with Crippen LogP contribution in [0.1, 0.15) is 30.2 Å². The number of carbonyl (C=O) groups excluding carboxylic acids is 1. The molecule has 0 bridgehead atoms. The number of primary amides is 1. The van der Waals surface area contributed by atoms with Gasteiger partial charge in [-0.25, -0.2) is 4.98 Å². The SMILES string of the molecule is CC(Nc1cnc(N2CCn3c(nnc3C(F)(F)F)C2)n(CC(N)=O)c1=O)c1ccc2oc3ccccc3c2c1. The first-order valence-electron chi connectivity index (χ1n) is 12.4. The van der Waals surface area contributed by atoms with Gasteiger partial charge in [0.05, 0.1) is 12.7 Å². The zero-order valence-electron chi connectivity index (χ0n) is 21.1. The Kier molecular flexibility index (Phi) is 5.97. The van der Waals surface area contributed by atoms with E-state index in [9.17, 15) is 22.8 Å². The van der Waals surface area contributed by atoms with Crippen molar-refractivity contribution in [3.8, 4) is 0 Å². The molecule has 0 spiro atoms. The zero-order chi connectivity index (χ0) is 28.2. The first-order valence-corrected chi connectivity index (χ1v) is 12.4. The number of anilines is 2. The number of nitrogens with one attached hydrogen (secondary N) is 1. The third-order valence-corrected chi connectivity index (χ3v) is 6.90. The number of aromatic nitrogens is 5. The van der Waals surface area contributed by atoms with Crippen LogP contribution in [0.4, 0.5) is 24.8 Å². The van der Waals surface area contributed by atoms with E-state index in [1.807, 2.05) is 49.4 Å². The van der Waals surface area contributed by atoms with Gasteiger partial charge in [-0.2, -0.15) is 13.2 Å². The minimum atomic E-state index is -4.64. The van der Waals surface area contributed by atoms with Gasteiger partial charge in [0.25, 0.3) is 5.56 Å². The topological polar surface area (TPSA) is 137 Å². The largest absolute Gasteiger partial charge is 0.456 e. The number of para-hydroxylation sites is 1. The fourth-order valence-electron chi connectivity index (χ4n) is 5.00. The molecule has 6 rings (SSSR count). The van der Waals surface area contributed by atoms with E-state index in [1.54, 1.807) is 4.90 Å². The van der Waals surface area contributed by atoms with Crippen LogP contribution in [0.15, 0.2) is 57.9 Å². The lowest BCUT2D eigenvalue weighted by Gasteiger charge is -2.30. The Balaban J connectivity index is 1.30. The molecule has 4 heterocycles. The summed E-state index contributed by atoms with van der Waals surface area (Å²) < 4.78 is 47.7. The molecule has 2 aromatic carbocycles. The number of halogens is 3. The molecule has 1 aliphatic heterocycles. The molecule has 206 valence electrons. The molecule has 0 fully saturated rings. The first kappa shape index (κ1) is 25.4. The summed E-state index contributed by atoms with van der Waals surface area (Å²) in [6, 6.07) is 13.1. The van der Waals surface area contributed by atoms with E-state index in [-0.39, 0.29) is 43.1 Å². The Hall–Kier alpha value is -4.88. The van der Waals surface area contributed by atoms with Gasteiger partial charge < -0.3 is 24.9 Å². The lowest BCUT2D eigenvalue weighted by Crippen LogP contribution is -2.41. The molecule has 1 aliphatic rings. The highest BCUT2D eigenvalue weighted by Crippen LogP contribution is 2.32. The van der Waals surface area contributed by atoms with E-state index in [0.29, 0.717) is 0 Å². The fraction of sp³-hybridized carbons (Fsp3) is 0.269. The maximum absolute atomic E-state index is 13.5. The van der Waals surface area contributed by atoms with Crippen LogP contribution in [-0.4, -0.2) is 36.8 Å². The highest BCUT2D eigenvalue weighted by molar-refractivity contribution is 6.05. The van der Waals surface area contributed by atoms with Crippen LogP contribution in [0, 0.1) is 0 Å². The summed E-state index contributed by atoms with van der Waals surface area (Å²) >= 11 is 0. The molecule has 5 aromatic rings. The Labute approximate surface area is 224 Å². The van der Waals surface area contributed by atoms with Crippen molar-refractivity contribution >= 4 is 39.5 Å². The summed E-state index contributed by atoms with van der Waals surface area (Å²) in [6.07, 6.45) is -3.29. The van der Waals surface area contributed by atoms with Crippen molar-refractivity contribution in [1.29, 1.82) is 0 Å². The summed E-state index contributed by atoms with van der Waals surface area (Å²) in [5.41, 5.74) is 7.41. The summed E-state index contributed by atoms with van der Waals surface area (Å²) in [7, 11) is 0. The highest BCUT2D eigenvalue weighted by Gasteiger charge is 2.40. The Bertz CT molecular complexity index is 1820. The van der Waals surface area contributed by atoms with Crippen LogP contribution < -0.4 is 21.5 Å². The molecular formula is C26H23F3N8O3. The maximum Gasteiger partial charge on any atom is 0.451 e. The second-order valence-corrected chi connectivity index (χ2v) is 9.56. The van der Waals surface area contributed by atoms with Crippen molar-refractivity contribution in [2.24, 2.45) is 5.73 Å². The van der Waals surface area contributed by atoms with Crippen LogP contribution in [0.25, 0.3) is 21.9 Å². The van der Waals surface area contributed by atoms with Crippen molar-refractivity contribution < 1.29 is 22.4 Å². The summed E-state index contributed by atoms with van der Waals surface area (Å²) in [4.78, 5) is 31.3. The molecule has 0 saturated heterocycles. The predicted molar refractivity (Wildman–Crippen MR) is 140 cm³/mol. The van der Waals surface area contributed by atoms with E-state index in [2.05, 4.69) is 20.5 Å². The average molecular weight is 553 g/mol. The van der Waals surface area contributed by atoms with Crippen LogP contribution in [0.5, 0.6) is 0 Å². The number of nitrogens with two attached hydrogens (primary N) is 1. The number of amides is 1. The van der Waals surface area contributed by atoms with Crippen molar-refractivity contribution in [1.82, 2.24) is 24.3 Å². The third-order valence-electron chi connectivity index (χ3n) is 6.90. The number of rotatable bonds is 6. The quantitative estimate of drug-likeness (QED) is 0.327. The van der Waals surface area contributed by atoms with E-state index in [0.717, 1.165) is 36.6 Å². The molecule has 1 unspecified atom stereocenters. The smallest absolute Gasteiger partial charge is 0.451 e. The van der Waals surface area contributed by atoms with E-state index >= 15 is 0 Å². The first-order chi connectivity index (χ1) is 19.1. The van der Waals surface area contributed by atoms with Crippen molar-refractivity contribution in [3.05, 3.63) is 76.2 Å². The second kappa shape index (κ2) is 9.39. The molecule has 0 saturated carbocycles. The highest BCUT2D eigenvalue weighted by atomic mass is 19.4. The number of benzene rings is 2. The van der Waals surface area contributed by atoms with Gasteiger partial charge in [-0.05, 0) is 30.7 Å². The van der Waals surface area contributed by atoms with Crippen LogP contribution >= 0.6 is 0 Å². The Morgan fingerprint density at radius 3 is 2.67 bits per heavy atom. The molecule has 3 aromatic heterocycles. The second-order valence-electron chi connectivity index (χ2n) is 9.56. The van der Waals surface area contributed by atoms with Gasteiger partial charge in [0.2, 0.25) is 17.7 Å². The standard InChI is InChI=1S/C26H23F3N8O3/c1-14(15-6-7-20-17(10-15)16-4-2-3-5-19(16)40-20)32-18-11-31-25(37(23(18)39)12-21(30)38)35-8-9-36-22(13-35)33-34-24(36)26(27,28)29/h2-7,10-11,14,32H,8-9,12-13H2,1H3,(H2,30,38). The summed E-state index contributed by atoms with van der Waals surface area (Å²) in [5, 5.41) is 12.0.